The van der Waals surface area contributed by atoms with Crippen LogP contribution >= 0.6 is 0 Å². The molecule has 0 aliphatic carbocycles. The van der Waals surface area contributed by atoms with Gasteiger partial charge in [0.1, 0.15) is 6.61 Å². The third-order valence-electron chi connectivity index (χ3n) is 2.23. The number of benzene rings is 1. The van der Waals surface area contributed by atoms with Crippen LogP contribution < -0.4 is 0 Å². The average molecular weight is 239 g/mol. The zero-order valence-electron chi connectivity index (χ0n) is 9.41. The SMILES string of the molecule is N#Cc1ccc(COC(=O)c2cnccn2)cc1. The van der Waals surface area contributed by atoms with E-state index in [-0.39, 0.29) is 12.3 Å². The standard InChI is InChI=1S/C13H9N3O2/c14-7-10-1-3-11(4-2-10)9-18-13(17)12-8-15-5-6-16-12/h1-6,8H,9H2. The summed E-state index contributed by atoms with van der Waals surface area (Å²) in [5, 5.41) is 8.64. The zero-order chi connectivity index (χ0) is 12.8. The first-order valence-corrected chi connectivity index (χ1v) is 5.22. The molecule has 0 aliphatic heterocycles. The van der Waals surface area contributed by atoms with Gasteiger partial charge in [-0.3, -0.25) is 4.98 Å². The first-order valence-electron chi connectivity index (χ1n) is 5.22. The van der Waals surface area contributed by atoms with Crippen LogP contribution in [0.25, 0.3) is 0 Å². The summed E-state index contributed by atoms with van der Waals surface area (Å²) in [6, 6.07) is 8.84. The van der Waals surface area contributed by atoms with Gasteiger partial charge in [-0.1, -0.05) is 12.1 Å². The third-order valence-corrected chi connectivity index (χ3v) is 2.23. The van der Waals surface area contributed by atoms with Crippen LogP contribution in [-0.4, -0.2) is 15.9 Å². The van der Waals surface area contributed by atoms with Gasteiger partial charge in [0, 0.05) is 12.4 Å². The van der Waals surface area contributed by atoms with Gasteiger partial charge in [-0.2, -0.15) is 5.26 Å². The lowest BCUT2D eigenvalue weighted by molar-refractivity contribution is 0.0465. The molecule has 1 heterocycles. The summed E-state index contributed by atoms with van der Waals surface area (Å²) < 4.78 is 5.06. The Morgan fingerprint density at radius 1 is 1.28 bits per heavy atom. The van der Waals surface area contributed by atoms with E-state index in [4.69, 9.17) is 10.00 Å². The molecule has 1 aromatic heterocycles. The van der Waals surface area contributed by atoms with Crippen molar-refractivity contribution in [2.24, 2.45) is 0 Å². The van der Waals surface area contributed by atoms with Gasteiger partial charge in [0.05, 0.1) is 17.8 Å². The first kappa shape index (κ1) is 11.7. The van der Waals surface area contributed by atoms with Crippen molar-refractivity contribution in [3.8, 4) is 6.07 Å². The Morgan fingerprint density at radius 3 is 2.67 bits per heavy atom. The Labute approximate surface area is 104 Å². The largest absolute Gasteiger partial charge is 0.456 e. The fourth-order valence-corrected chi connectivity index (χ4v) is 1.30. The number of hydrogen-bond acceptors (Lipinski definition) is 5. The highest BCUT2D eigenvalue weighted by molar-refractivity contribution is 5.86. The van der Waals surface area contributed by atoms with Crippen LogP contribution in [0.3, 0.4) is 0 Å². The molecular weight excluding hydrogens is 230 g/mol. The lowest BCUT2D eigenvalue weighted by Gasteiger charge is -2.03. The van der Waals surface area contributed by atoms with Crippen LogP contribution in [0.1, 0.15) is 21.6 Å². The van der Waals surface area contributed by atoms with Crippen molar-refractivity contribution >= 4 is 5.97 Å². The molecule has 0 radical (unpaired) electrons. The van der Waals surface area contributed by atoms with Gasteiger partial charge in [0.2, 0.25) is 0 Å². The summed E-state index contributed by atoms with van der Waals surface area (Å²) in [4.78, 5) is 19.2. The Morgan fingerprint density at radius 2 is 2.06 bits per heavy atom. The van der Waals surface area contributed by atoms with E-state index in [2.05, 4.69) is 9.97 Å². The van der Waals surface area contributed by atoms with Crippen LogP contribution in [0, 0.1) is 11.3 Å². The Kier molecular flexibility index (Phi) is 3.62. The second kappa shape index (κ2) is 5.55. The number of carbonyl (C=O) groups excluding carboxylic acids is 1. The summed E-state index contributed by atoms with van der Waals surface area (Å²) in [5.74, 6) is -0.521. The maximum absolute atomic E-state index is 11.6. The maximum atomic E-state index is 11.6. The van der Waals surface area contributed by atoms with Crippen molar-refractivity contribution in [2.75, 3.05) is 0 Å². The average Bonchev–Trinajstić information content (AvgIpc) is 2.46. The monoisotopic (exact) mass is 239 g/mol. The highest BCUT2D eigenvalue weighted by atomic mass is 16.5. The number of rotatable bonds is 3. The quantitative estimate of drug-likeness (QED) is 0.762. The van der Waals surface area contributed by atoms with Crippen LogP contribution in [0.2, 0.25) is 0 Å². The molecule has 18 heavy (non-hydrogen) atoms. The molecule has 0 unspecified atom stereocenters. The number of esters is 1. The highest BCUT2D eigenvalue weighted by Gasteiger charge is 2.08. The summed E-state index contributed by atoms with van der Waals surface area (Å²) >= 11 is 0. The lowest BCUT2D eigenvalue weighted by atomic mass is 10.2. The zero-order valence-corrected chi connectivity index (χ0v) is 9.41. The maximum Gasteiger partial charge on any atom is 0.358 e. The molecule has 0 atom stereocenters. The fraction of sp³-hybridized carbons (Fsp3) is 0.0769. The van der Waals surface area contributed by atoms with E-state index in [1.165, 1.54) is 18.6 Å². The third kappa shape index (κ3) is 2.89. The Hall–Kier alpha value is -2.74. The number of ether oxygens (including phenoxy) is 1. The molecule has 5 nitrogen and oxygen atoms in total. The molecule has 0 fully saturated rings. The summed E-state index contributed by atoms with van der Waals surface area (Å²) in [5.41, 5.74) is 1.55. The molecule has 5 heteroatoms. The second-order valence-corrected chi connectivity index (χ2v) is 3.48. The van der Waals surface area contributed by atoms with E-state index in [9.17, 15) is 4.79 Å². The summed E-state index contributed by atoms with van der Waals surface area (Å²) in [6.07, 6.45) is 4.26. The minimum Gasteiger partial charge on any atom is -0.456 e. The number of aromatic nitrogens is 2. The van der Waals surface area contributed by atoms with Gasteiger partial charge in [0.25, 0.3) is 0 Å². The molecule has 2 rings (SSSR count). The van der Waals surface area contributed by atoms with Crippen molar-refractivity contribution in [2.45, 2.75) is 6.61 Å². The number of nitrogens with zero attached hydrogens (tertiary/aromatic N) is 3. The van der Waals surface area contributed by atoms with Crippen molar-refractivity contribution in [1.29, 1.82) is 5.26 Å². The van der Waals surface area contributed by atoms with Crippen LogP contribution in [0.15, 0.2) is 42.9 Å². The van der Waals surface area contributed by atoms with Gasteiger partial charge in [-0.15, -0.1) is 0 Å². The topological polar surface area (TPSA) is 75.9 Å². The number of nitriles is 1. The highest BCUT2D eigenvalue weighted by Crippen LogP contribution is 2.06. The minimum absolute atomic E-state index is 0.140. The van der Waals surface area contributed by atoms with Crippen molar-refractivity contribution < 1.29 is 9.53 Å². The molecule has 0 amide bonds. The number of carbonyl (C=O) groups is 1. The van der Waals surface area contributed by atoms with E-state index in [0.717, 1.165) is 5.56 Å². The van der Waals surface area contributed by atoms with Gasteiger partial charge < -0.3 is 4.74 Å². The fourth-order valence-electron chi connectivity index (χ4n) is 1.30. The summed E-state index contributed by atoms with van der Waals surface area (Å²) in [6.45, 7) is 0.140. The van der Waals surface area contributed by atoms with Crippen molar-refractivity contribution in [3.63, 3.8) is 0 Å². The van der Waals surface area contributed by atoms with Crippen LogP contribution in [0.5, 0.6) is 0 Å². The van der Waals surface area contributed by atoms with Gasteiger partial charge in [-0.25, -0.2) is 9.78 Å². The lowest BCUT2D eigenvalue weighted by Crippen LogP contribution is -2.07. The normalized spacial score (nSPS) is 9.50. The molecular formula is C13H9N3O2. The van der Waals surface area contributed by atoms with Crippen LogP contribution in [0.4, 0.5) is 0 Å². The molecule has 0 saturated heterocycles. The molecule has 1 aromatic carbocycles. The Bertz CT molecular complexity index is 573. The van der Waals surface area contributed by atoms with E-state index in [1.807, 2.05) is 6.07 Å². The molecule has 2 aromatic rings. The molecule has 0 bridgehead atoms. The molecule has 0 aliphatic rings. The van der Waals surface area contributed by atoms with Gasteiger partial charge >= 0.3 is 5.97 Å². The smallest absolute Gasteiger partial charge is 0.358 e. The van der Waals surface area contributed by atoms with Crippen molar-refractivity contribution in [3.05, 3.63) is 59.7 Å². The molecule has 0 spiro atoms. The van der Waals surface area contributed by atoms with E-state index in [0.29, 0.717) is 5.56 Å². The summed E-state index contributed by atoms with van der Waals surface area (Å²) in [7, 11) is 0. The molecule has 88 valence electrons. The van der Waals surface area contributed by atoms with Crippen molar-refractivity contribution in [1.82, 2.24) is 9.97 Å². The van der Waals surface area contributed by atoms with E-state index < -0.39 is 5.97 Å². The first-order chi connectivity index (χ1) is 8.79. The number of hydrogen-bond donors (Lipinski definition) is 0. The predicted octanol–water partition coefficient (Wildman–Crippen LogP) is 1.71. The minimum atomic E-state index is -0.521. The molecule has 0 N–H and O–H groups in total. The molecule has 0 saturated carbocycles. The van der Waals surface area contributed by atoms with Gasteiger partial charge in [-0.05, 0) is 17.7 Å². The van der Waals surface area contributed by atoms with E-state index >= 15 is 0 Å². The van der Waals surface area contributed by atoms with Gasteiger partial charge in [0.15, 0.2) is 5.69 Å². The van der Waals surface area contributed by atoms with E-state index in [1.54, 1.807) is 24.3 Å². The Balaban J connectivity index is 1.95. The second-order valence-electron chi connectivity index (χ2n) is 3.48. The predicted molar refractivity (Wildman–Crippen MR) is 62.3 cm³/mol. The van der Waals surface area contributed by atoms with Crippen LogP contribution in [-0.2, 0) is 11.3 Å².